The molecule has 7 nitrogen and oxygen atoms in total. The van der Waals surface area contributed by atoms with Gasteiger partial charge in [0.2, 0.25) is 0 Å². The second kappa shape index (κ2) is 7.12. The van der Waals surface area contributed by atoms with Crippen molar-refractivity contribution in [3.05, 3.63) is 0 Å². The minimum absolute atomic E-state index is 0.127. The minimum atomic E-state index is -1.23. The van der Waals surface area contributed by atoms with Crippen molar-refractivity contribution in [2.24, 2.45) is 5.41 Å². The molecule has 0 aromatic heterocycles. The molecule has 0 bridgehead atoms. The average Bonchev–Trinajstić information content (AvgIpc) is 3.12. The molecule has 114 valence electrons. The van der Waals surface area contributed by atoms with E-state index in [1.807, 2.05) is 0 Å². The highest BCUT2D eigenvalue weighted by Crippen LogP contribution is 2.48. The fourth-order valence-electron chi connectivity index (χ4n) is 2.22. The molecule has 0 aromatic rings. The quantitative estimate of drug-likeness (QED) is 0.508. The number of carbonyl (C=O) groups is 3. The van der Waals surface area contributed by atoms with E-state index in [-0.39, 0.29) is 18.3 Å². The van der Waals surface area contributed by atoms with Crippen LogP contribution in [0.25, 0.3) is 0 Å². The van der Waals surface area contributed by atoms with Gasteiger partial charge >= 0.3 is 18.0 Å². The zero-order chi connectivity index (χ0) is 15.2. The molecule has 0 radical (unpaired) electrons. The predicted octanol–water partition coefficient (Wildman–Crippen LogP) is 1.18. The molecule has 1 rings (SSSR count). The summed E-state index contributed by atoms with van der Waals surface area (Å²) in [6.07, 6.45) is 3.86. The van der Waals surface area contributed by atoms with Crippen molar-refractivity contribution in [3.63, 3.8) is 0 Å². The van der Waals surface area contributed by atoms with Crippen LogP contribution in [0, 0.1) is 5.41 Å². The number of carbonyl (C=O) groups excluding carboxylic acids is 1. The van der Waals surface area contributed by atoms with E-state index in [9.17, 15) is 14.4 Å². The highest BCUT2D eigenvalue weighted by atomic mass is 16.4. The molecule has 7 heteroatoms. The Morgan fingerprint density at radius 1 is 1.25 bits per heavy atom. The number of rotatable bonds is 9. The zero-order valence-electron chi connectivity index (χ0n) is 11.6. The van der Waals surface area contributed by atoms with Gasteiger partial charge in [0.25, 0.3) is 0 Å². The Morgan fingerprint density at radius 2 is 1.90 bits per heavy atom. The summed E-state index contributed by atoms with van der Waals surface area (Å²) in [5.41, 5.74) is 0.186. The Kier molecular flexibility index (Phi) is 5.79. The molecule has 20 heavy (non-hydrogen) atoms. The third kappa shape index (κ3) is 5.46. The summed E-state index contributed by atoms with van der Waals surface area (Å²) in [5, 5.41) is 22.4. The third-order valence-corrected chi connectivity index (χ3v) is 3.61. The molecule has 0 saturated heterocycles. The molecule has 1 saturated carbocycles. The average molecular weight is 286 g/mol. The summed E-state index contributed by atoms with van der Waals surface area (Å²) in [5.74, 6) is -2.31. The van der Waals surface area contributed by atoms with Gasteiger partial charge in [0.15, 0.2) is 0 Å². The van der Waals surface area contributed by atoms with Crippen molar-refractivity contribution in [2.75, 3.05) is 6.54 Å². The lowest BCUT2D eigenvalue weighted by molar-refractivity contribution is -0.140. The number of carboxylic acids is 2. The van der Waals surface area contributed by atoms with Gasteiger partial charge in [-0.2, -0.15) is 0 Å². The highest BCUT2D eigenvalue weighted by molar-refractivity contribution is 5.83. The van der Waals surface area contributed by atoms with Gasteiger partial charge in [0.1, 0.15) is 6.04 Å². The van der Waals surface area contributed by atoms with E-state index in [0.29, 0.717) is 6.54 Å². The van der Waals surface area contributed by atoms with Gasteiger partial charge in [0.05, 0.1) is 0 Å². The first kappa shape index (κ1) is 16.3. The number of nitrogens with one attached hydrogen (secondary N) is 2. The van der Waals surface area contributed by atoms with E-state index in [1.54, 1.807) is 0 Å². The van der Waals surface area contributed by atoms with Crippen molar-refractivity contribution in [1.82, 2.24) is 10.6 Å². The van der Waals surface area contributed by atoms with Crippen molar-refractivity contribution in [1.29, 1.82) is 0 Å². The van der Waals surface area contributed by atoms with Gasteiger partial charge in [-0.15, -0.1) is 0 Å². The molecule has 0 unspecified atom stereocenters. The molecule has 1 aliphatic carbocycles. The van der Waals surface area contributed by atoms with Crippen LogP contribution in [-0.4, -0.2) is 40.8 Å². The van der Waals surface area contributed by atoms with Crippen LogP contribution in [0.2, 0.25) is 0 Å². The second-order valence-corrected chi connectivity index (χ2v) is 5.40. The van der Waals surface area contributed by atoms with Crippen LogP contribution in [0.15, 0.2) is 0 Å². The molecule has 0 aromatic carbocycles. The highest BCUT2D eigenvalue weighted by Gasteiger charge is 2.41. The Labute approximate surface area is 117 Å². The molecule has 1 aliphatic rings. The van der Waals surface area contributed by atoms with Crippen molar-refractivity contribution >= 4 is 18.0 Å². The number of hydrogen-bond acceptors (Lipinski definition) is 3. The van der Waals surface area contributed by atoms with Crippen molar-refractivity contribution in [3.8, 4) is 0 Å². The van der Waals surface area contributed by atoms with Gasteiger partial charge in [-0.1, -0.05) is 13.3 Å². The molecule has 0 aliphatic heterocycles. The summed E-state index contributed by atoms with van der Waals surface area (Å²) in [6, 6.07) is -1.72. The Balaban J connectivity index is 2.34. The lowest BCUT2D eigenvalue weighted by atomic mass is 10.0. The summed E-state index contributed by atoms with van der Waals surface area (Å²) >= 11 is 0. The molecule has 0 heterocycles. The fourth-order valence-corrected chi connectivity index (χ4v) is 2.22. The number of urea groups is 1. The first-order valence-electron chi connectivity index (χ1n) is 6.87. The first-order valence-corrected chi connectivity index (χ1v) is 6.87. The summed E-state index contributed by atoms with van der Waals surface area (Å²) < 4.78 is 0. The zero-order valence-corrected chi connectivity index (χ0v) is 11.6. The largest absolute Gasteiger partial charge is 0.481 e. The van der Waals surface area contributed by atoms with Crippen LogP contribution in [0.3, 0.4) is 0 Å². The van der Waals surface area contributed by atoms with Crippen LogP contribution in [0.1, 0.15) is 45.4 Å². The minimum Gasteiger partial charge on any atom is -0.481 e. The van der Waals surface area contributed by atoms with Crippen LogP contribution in [0.4, 0.5) is 4.79 Å². The molecule has 4 N–H and O–H groups in total. The topological polar surface area (TPSA) is 116 Å². The normalized spacial score (nSPS) is 17.1. The van der Waals surface area contributed by atoms with E-state index in [2.05, 4.69) is 17.6 Å². The monoisotopic (exact) mass is 286 g/mol. The molecule has 0 spiro atoms. The standard InChI is InChI=1S/C13H22N2O5/c1-2-5-13(6-7-13)8-14-12(20)15-9(11(18)19)3-4-10(16)17/h9H,2-8H2,1H3,(H,16,17)(H,18,19)(H2,14,15,20)/t9-/m0/s1. The molecule has 1 atom stereocenters. The Morgan fingerprint density at radius 3 is 2.35 bits per heavy atom. The maximum atomic E-state index is 11.6. The van der Waals surface area contributed by atoms with Gasteiger partial charge in [-0.25, -0.2) is 9.59 Å². The first-order chi connectivity index (χ1) is 9.38. The van der Waals surface area contributed by atoms with Crippen LogP contribution >= 0.6 is 0 Å². The van der Waals surface area contributed by atoms with Crippen molar-refractivity contribution < 1.29 is 24.6 Å². The molecular formula is C13H22N2O5. The van der Waals surface area contributed by atoms with E-state index in [4.69, 9.17) is 10.2 Å². The fraction of sp³-hybridized carbons (Fsp3) is 0.769. The molecular weight excluding hydrogens is 264 g/mol. The third-order valence-electron chi connectivity index (χ3n) is 3.61. The lowest BCUT2D eigenvalue weighted by Gasteiger charge is -2.18. The summed E-state index contributed by atoms with van der Waals surface area (Å²) in [4.78, 5) is 33.0. The van der Waals surface area contributed by atoms with Crippen LogP contribution < -0.4 is 10.6 Å². The number of carboxylic acid groups (broad SMARTS) is 2. The van der Waals surface area contributed by atoms with Gasteiger partial charge in [0, 0.05) is 13.0 Å². The SMILES string of the molecule is CCCC1(CNC(=O)N[C@@H](CCC(=O)O)C(=O)O)CC1. The summed E-state index contributed by atoms with van der Waals surface area (Å²) in [6.45, 7) is 2.63. The number of hydrogen-bond donors (Lipinski definition) is 4. The van der Waals surface area contributed by atoms with Gasteiger partial charge in [-0.05, 0) is 31.1 Å². The maximum Gasteiger partial charge on any atom is 0.326 e. The van der Waals surface area contributed by atoms with Gasteiger partial charge in [-0.3, -0.25) is 4.79 Å². The number of amides is 2. The van der Waals surface area contributed by atoms with E-state index in [0.717, 1.165) is 25.7 Å². The second-order valence-electron chi connectivity index (χ2n) is 5.40. The maximum absolute atomic E-state index is 11.6. The predicted molar refractivity (Wildman–Crippen MR) is 71.4 cm³/mol. The van der Waals surface area contributed by atoms with E-state index >= 15 is 0 Å². The van der Waals surface area contributed by atoms with E-state index < -0.39 is 24.0 Å². The van der Waals surface area contributed by atoms with Crippen molar-refractivity contribution in [2.45, 2.75) is 51.5 Å². The van der Waals surface area contributed by atoms with Gasteiger partial charge < -0.3 is 20.8 Å². The molecule has 1 fully saturated rings. The smallest absolute Gasteiger partial charge is 0.326 e. The van der Waals surface area contributed by atoms with E-state index in [1.165, 1.54) is 0 Å². The lowest BCUT2D eigenvalue weighted by Crippen LogP contribution is -2.47. The Hall–Kier alpha value is -1.79. The Bertz CT molecular complexity index is 379. The number of aliphatic carboxylic acids is 2. The summed E-state index contributed by atoms with van der Waals surface area (Å²) in [7, 11) is 0. The molecule has 2 amide bonds. The van der Waals surface area contributed by atoms with Crippen LogP contribution in [0.5, 0.6) is 0 Å². The van der Waals surface area contributed by atoms with Crippen LogP contribution in [-0.2, 0) is 9.59 Å².